The molecule has 3 heterocycles. The summed E-state index contributed by atoms with van der Waals surface area (Å²) in [6, 6.07) is 0. The van der Waals surface area contributed by atoms with Crippen molar-refractivity contribution in [2.45, 2.75) is 50.6 Å². The van der Waals surface area contributed by atoms with E-state index in [1.54, 1.807) is 6.20 Å². The van der Waals surface area contributed by atoms with Crippen molar-refractivity contribution in [3.8, 4) is 0 Å². The van der Waals surface area contributed by atoms with Crippen LogP contribution in [0.15, 0.2) is 24.0 Å². The summed E-state index contributed by atoms with van der Waals surface area (Å²) < 4.78 is 23.1. The second kappa shape index (κ2) is 5.91. The minimum absolute atomic E-state index is 0.221. The first-order chi connectivity index (χ1) is 10.4. The second-order valence-corrected chi connectivity index (χ2v) is 6.35. The van der Waals surface area contributed by atoms with Gasteiger partial charge in [0, 0.05) is 27.4 Å². The van der Waals surface area contributed by atoms with Gasteiger partial charge in [0.1, 0.15) is 18.3 Å². The summed E-state index contributed by atoms with van der Waals surface area (Å²) in [6.45, 7) is 4.13. The van der Waals surface area contributed by atoms with Gasteiger partial charge in [-0.3, -0.25) is 4.79 Å². The van der Waals surface area contributed by atoms with E-state index in [-0.39, 0.29) is 24.5 Å². The monoisotopic (exact) mass is 328 g/mol. The van der Waals surface area contributed by atoms with Gasteiger partial charge < -0.3 is 29.4 Å². The smallest absolute Gasteiger partial charge is 0.246 e. The van der Waals surface area contributed by atoms with Crippen molar-refractivity contribution in [3.63, 3.8) is 0 Å². The van der Waals surface area contributed by atoms with E-state index in [1.165, 1.54) is 0 Å². The number of rotatable bonds is 4. The zero-order valence-corrected chi connectivity index (χ0v) is 13.8. The van der Waals surface area contributed by atoms with Crippen LogP contribution in [0.4, 0.5) is 0 Å². The summed E-state index contributed by atoms with van der Waals surface area (Å²) >= 11 is 0. The second-order valence-electron chi connectivity index (χ2n) is 6.02. The van der Waals surface area contributed by atoms with Crippen LogP contribution in [0.25, 0.3) is 0 Å². The zero-order valence-electron chi connectivity index (χ0n) is 12.6. The molecule has 22 heavy (non-hydrogen) atoms. The first kappa shape index (κ1) is 15.9. The van der Waals surface area contributed by atoms with Crippen LogP contribution in [0.1, 0.15) is 20.3 Å². The van der Waals surface area contributed by atoms with Gasteiger partial charge in [0.15, 0.2) is 12.0 Å². The number of carbonyl (C=O) groups excluding carboxylic acids is 1. The quantitative estimate of drug-likeness (QED) is 0.762. The SMILES string of the molecule is CC1(C)OC2C(COP)OC(N3C=CCC(C(N)=O)=C3)C2O1. The van der Waals surface area contributed by atoms with E-state index in [1.807, 2.05) is 31.0 Å². The predicted octanol–water partition coefficient (Wildman–Crippen LogP) is 0.627. The maximum absolute atomic E-state index is 11.4. The summed E-state index contributed by atoms with van der Waals surface area (Å²) in [5.41, 5.74) is 5.90. The Balaban J connectivity index is 1.83. The van der Waals surface area contributed by atoms with Crippen LogP contribution in [0.3, 0.4) is 0 Å². The molecule has 0 spiro atoms. The van der Waals surface area contributed by atoms with E-state index >= 15 is 0 Å². The Bertz CT molecular complexity index is 521. The van der Waals surface area contributed by atoms with Crippen molar-refractivity contribution in [3.05, 3.63) is 24.0 Å². The van der Waals surface area contributed by atoms with E-state index in [0.717, 1.165) is 0 Å². The average Bonchev–Trinajstić information content (AvgIpc) is 2.94. The number of carbonyl (C=O) groups is 1. The topological polar surface area (TPSA) is 83.3 Å². The van der Waals surface area contributed by atoms with E-state index in [4.69, 9.17) is 24.5 Å². The van der Waals surface area contributed by atoms with Gasteiger partial charge in [0.05, 0.1) is 6.61 Å². The standard InChI is InChI=1S/C14H21N2O5P/c1-14(2)20-10-9(7-18-22)19-13(11(10)21-14)16-5-3-4-8(6-16)12(15)17/h3,5-6,9-11,13H,4,7,22H2,1-2H3,(H2,15,17). The summed E-state index contributed by atoms with van der Waals surface area (Å²) in [7, 11) is 2.21. The molecule has 1 amide bonds. The van der Waals surface area contributed by atoms with E-state index in [9.17, 15) is 4.79 Å². The molecule has 7 nitrogen and oxygen atoms in total. The molecule has 3 aliphatic rings. The Morgan fingerprint density at radius 3 is 2.91 bits per heavy atom. The Hall–Kier alpha value is -0.980. The summed E-state index contributed by atoms with van der Waals surface area (Å²) in [5, 5.41) is 0. The lowest BCUT2D eigenvalue weighted by atomic mass is 10.1. The van der Waals surface area contributed by atoms with Gasteiger partial charge in [-0.15, -0.1) is 0 Å². The van der Waals surface area contributed by atoms with Crippen molar-refractivity contribution < 1.29 is 23.5 Å². The van der Waals surface area contributed by atoms with Crippen LogP contribution < -0.4 is 5.73 Å². The molecule has 122 valence electrons. The third-order valence-corrected chi connectivity index (χ3v) is 4.11. The number of fused-ring (bicyclic) bond motifs is 1. The molecule has 3 aliphatic heterocycles. The average molecular weight is 328 g/mol. The highest BCUT2D eigenvalue weighted by atomic mass is 31.0. The van der Waals surface area contributed by atoms with Gasteiger partial charge in [-0.25, -0.2) is 0 Å². The summed E-state index contributed by atoms with van der Waals surface area (Å²) in [5.74, 6) is -1.11. The Kier molecular flexibility index (Phi) is 4.27. The number of nitrogens with zero attached hydrogens (tertiary/aromatic N) is 1. The maximum atomic E-state index is 11.4. The lowest BCUT2D eigenvalue weighted by Gasteiger charge is -2.31. The van der Waals surface area contributed by atoms with Crippen molar-refractivity contribution >= 4 is 15.4 Å². The Morgan fingerprint density at radius 1 is 1.50 bits per heavy atom. The van der Waals surface area contributed by atoms with E-state index in [0.29, 0.717) is 18.6 Å². The van der Waals surface area contributed by atoms with Crippen LogP contribution in [0.5, 0.6) is 0 Å². The van der Waals surface area contributed by atoms with Gasteiger partial charge in [-0.05, 0) is 20.3 Å². The van der Waals surface area contributed by atoms with Crippen LogP contribution in [0.2, 0.25) is 0 Å². The lowest BCUT2D eigenvalue weighted by Crippen LogP contribution is -2.40. The first-order valence-corrected chi connectivity index (χ1v) is 7.66. The highest BCUT2D eigenvalue weighted by Crippen LogP contribution is 2.40. The molecule has 2 fully saturated rings. The van der Waals surface area contributed by atoms with Crippen molar-refractivity contribution in [2.24, 2.45) is 5.73 Å². The fourth-order valence-corrected chi connectivity index (χ4v) is 3.22. The molecule has 8 heteroatoms. The Labute approximate surface area is 131 Å². The number of allylic oxidation sites excluding steroid dienone is 1. The largest absolute Gasteiger partial charge is 0.366 e. The molecule has 2 N–H and O–H groups in total. The molecular weight excluding hydrogens is 307 g/mol. The van der Waals surface area contributed by atoms with Gasteiger partial charge in [-0.1, -0.05) is 6.08 Å². The fourth-order valence-electron chi connectivity index (χ4n) is 3.03. The van der Waals surface area contributed by atoms with Gasteiger partial charge in [0.25, 0.3) is 0 Å². The first-order valence-electron chi connectivity index (χ1n) is 7.18. The number of nitrogens with two attached hydrogens (primary N) is 1. The number of amides is 1. The lowest BCUT2D eigenvalue weighted by molar-refractivity contribution is -0.200. The van der Waals surface area contributed by atoms with E-state index in [2.05, 4.69) is 9.47 Å². The molecule has 0 aromatic rings. The molecule has 0 aromatic carbocycles. The molecule has 0 aromatic heterocycles. The molecule has 0 aliphatic carbocycles. The molecule has 5 unspecified atom stereocenters. The van der Waals surface area contributed by atoms with Crippen molar-refractivity contribution in [1.29, 1.82) is 0 Å². The maximum Gasteiger partial charge on any atom is 0.246 e. The minimum Gasteiger partial charge on any atom is -0.366 e. The van der Waals surface area contributed by atoms with Gasteiger partial charge in [-0.2, -0.15) is 0 Å². The third-order valence-electron chi connectivity index (χ3n) is 3.92. The molecular formula is C14H21N2O5P. The molecule has 0 radical (unpaired) electrons. The molecule has 5 atom stereocenters. The predicted molar refractivity (Wildman–Crippen MR) is 81.0 cm³/mol. The fraction of sp³-hybridized carbons (Fsp3) is 0.643. The zero-order chi connectivity index (χ0) is 15.9. The number of hydrogen-bond donors (Lipinski definition) is 1. The van der Waals surface area contributed by atoms with Crippen LogP contribution >= 0.6 is 9.47 Å². The highest BCUT2D eigenvalue weighted by Gasteiger charge is 2.56. The normalized spacial score (nSPS) is 36.3. The van der Waals surface area contributed by atoms with Crippen molar-refractivity contribution in [2.75, 3.05) is 6.61 Å². The van der Waals surface area contributed by atoms with Gasteiger partial charge >= 0.3 is 0 Å². The number of ether oxygens (including phenoxy) is 3. The molecule has 2 saturated heterocycles. The van der Waals surface area contributed by atoms with Crippen LogP contribution in [0, 0.1) is 0 Å². The molecule has 0 saturated carbocycles. The van der Waals surface area contributed by atoms with E-state index < -0.39 is 11.7 Å². The highest BCUT2D eigenvalue weighted by molar-refractivity contribution is 7.09. The van der Waals surface area contributed by atoms with Gasteiger partial charge in [0.2, 0.25) is 5.91 Å². The third kappa shape index (κ3) is 2.92. The minimum atomic E-state index is -0.674. The summed E-state index contributed by atoms with van der Waals surface area (Å²) in [4.78, 5) is 13.2. The molecule has 3 rings (SSSR count). The number of primary amides is 1. The Morgan fingerprint density at radius 2 is 2.23 bits per heavy atom. The number of hydrogen-bond acceptors (Lipinski definition) is 6. The van der Waals surface area contributed by atoms with Crippen molar-refractivity contribution in [1.82, 2.24) is 4.90 Å². The van der Waals surface area contributed by atoms with Crippen LogP contribution in [-0.2, 0) is 23.5 Å². The van der Waals surface area contributed by atoms with Crippen LogP contribution in [-0.4, -0.2) is 47.7 Å². The molecule has 0 bridgehead atoms. The summed E-state index contributed by atoms with van der Waals surface area (Å²) in [6.07, 6.45) is 4.86.